The normalized spacial score (nSPS) is 9.67. The van der Waals surface area contributed by atoms with Gasteiger partial charge in [0.15, 0.2) is 4.77 Å². The van der Waals surface area contributed by atoms with Crippen LogP contribution in [0.4, 0.5) is 0 Å². The molecule has 3 N–H and O–H groups in total. The van der Waals surface area contributed by atoms with E-state index in [4.69, 9.17) is 22.1 Å². The first-order valence-corrected chi connectivity index (χ1v) is 4.85. The molecular formula is C9H17N3O2S. The molecule has 0 aliphatic rings. The molecule has 0 bridgehead atoms. The van der Waals surface area contributed by atoms with Crippen molar-refractivity contribution < 1.29 is 9.90 Å². The van der Waals surface area contributed by atoms with Crippen LogP contribution in [0.25, 0.3) is 0 Å². The summed E-state index contributed by atoms with van der Waals surface area (Å²) in [6.45, 7) is 4.00. The number of nitrogens with zero attached hydrogens (tertiary/aromatic N) is 1. The van der Waals surface area contributed by atoms with E-state index in [9.17, 15) is 0 Å². The molecule has 0 radical (unpaired) electrons. The monoisotopic (exact) mass is 231 g/mol. The lowest BCUT2D eigenvalue weighted by Gasteiger charge is -2.07. The Morgan fingerprint density at radius 2 is 1.93 bits per heavy atom. The Morgan fingerprint density at radius 3 is 2.20 bits per heavy atom. The van der Waals surface area contributed by atoms with E-state index in [0.717, 1.165) is 19.2 Å². The van der Waals surface area contributed by atoms with Crippen molar-refractivity contribution in [1.29, 1.82) is 0 Å². The van der Waals surface area contributed by atoms with Gasteiger partial charge in [0.2, 0.25) is 0 Å². The van der Waals surface area contributed by atoms with E-state index in [0.29, 0.717) is 4.77 Å². The fraction of sp³-hybridized carbons (Fsp3) is 0.556. The van der Waals surface area contributed by atoms with E-state index in [-0.39, 0.29) is 0 Å². The van der Waals surface area contributed by atoms with Crippen molar-refractivity contribution in [3.8, 4) is 0 Å². The van der Waals surface area contributed by atoms with Crippen molar-refractivity contribution in [2.75, 3.05) is 14.1 Å². The largest absolute Gasteiger partial charge is 0.481 e. The van der Waals surface area contributed by atoms with Crippen LogP contribution in [0.3, 0.4) is 0 Å². The molecule has 1 heterocycles. The summed E-state index contributed by atoms with van der Waals surface area (Å²) in [6, 6.07) is 0. The van der Waals surface area contributed by atoms with Crippen LogP contribution in [-0.4, -0.2) is 40.0 Å². The van der Waals surface area contributed by atoms with Gasteiger partial charge in [-0.05, 0) is 33.2 Å². The van der Waals surface area contributed by atoms with Gasteiger partial charge in [0.25, 0.3) is 5.97 Å². The number of carboxylic acids is 1. The first kappa shape index (κ1) is 13.9. The predicted octanol–water partition coefficient (Wildman–Crippen LogP) is 1.53. The van der Waals surface area contributed by atoms with E-state index < -0.39 is 5.97 Å². The second-order valence-corrected chi connectivity index (χ2v) is 3.85. The SMILES string of the molecule is CC(=O)O.Cc1[nH]c(=S)[nH]c1CN(C)C. The van der Waals surface area contributed by atoms with Gasteiger partial charge in [0.05, 0.1) is 5.69 Å². The Labute approximate surface area is 94.1 Å². The molecule has 15 heavy (non-hydrogen) atoms. The minimum Gasteiger partial charge on any atom is -0.481 e. The molecule has 0 aliphatic carbocycles. The topological polar surface area (TPSA) is 72.1 Å². The first-order chi connectivity index (χ1) is 6.82. The van der Waals surface area contributed by atoms with Gasteiger partial charge in [0.1, 0.15) is 0 Å². The van der Waals surface area contributed by atoms with Gasteiger partial charge in [-0.1, -0.05) is 0 Å². The first-order valence-electron chi connectivity index (χ1n) is 4.45. The van der Waals surface area contributed by atoms with Crippen molar-refractivity contribution >= 4 is 18.2 Å². The van der Waals surface area contributed by atoms with Gasteiger partial charge in [0, 0.05) is 19.2 Å². The van der Waals surface area contributed by atoms with Crippen LogP contribution in [0.1, 0.15) is 18.3 Å². The Bertz CT molecular complexity index is 364. The molecule has 1 aromatic rings. The molecule has 1 aromatic heterocycles. The molecule has 0 saturated heterocycles. The molecule has 6 heteroatoms. The predicted molar refractivity (Wildman–Crippen MR) is 61.4 cm³/mol. The molecule has 0 aromatic carbocycles. The lowest BCUT2D eigenvalue weighted by Crippen LogP contribution is -2.11. The number of carbonyl (C=O) groups is 1. The highest BCUT2D eigenvalue weighted by Crippen LogP contribution is 2.03. The molecule has 0 unspecified atom stereocenters. The second kappa shape index (κ2) is 6.36. The lowest BCUT2D eigenvalue weighted by molar-refractivity contribution is -0.134. The Hall–Kier alpha value is -1.14. The number of aryl methyl sites for hydroxylation is 1. The quantitative estimate of drug-likeness (QED) is 0.675. The van der Waals surface area contributed by atoms with E-state index in [1.165, 1.54) is 5.69 Å². The average Bonchev–Trinajstić information content (AvgIpc) is 2.27. The van der Waals surface area contributed by atoms with Crippen molar-refractivity contribution in [2.45, 2.75) is 20.4 Å². The van der Waals surface area contributed by atoms with Crippen LogP contribution in [0.5, 0.6) is 0 Å². The van der Waals surface area contributed by atoms with Crippen LogP contribution in [0, 0.1) is 11.7 Å². The maximum atomic E-state index is 9.00. The van der Waals surface area contributed by atoms with Gasteiger partial charge in [-0.2, -0.15) is 0 Å². The summed E-state index contributed by atoms with van der Waals surface area (Å²) in [5.41, 5.74) is 2.30. The summed E-state index contributed by atoms with van der Waals surface area (Å²) >= 11 is 4.94. The van der Waals surface area contributed by atoms with Gasteiger partial charge < -0.3 is 20.0 Å². The fourth-order valence-corrected chi connectivity index (χ4v) is 1.26. The highest BCUT2D eigenvalue weighted by Gasteiger charge is 2.00. The van der Waals surface area contributed by atoms with Crippen LogP contribution in [0.15, 0.2) is 0 Å². The van der Waals surface area contributed by atoms with Crippen LogP contribution in [0.2, 0.25) is 0 Å². The Morgan fingerprint density at radius 1 is 1.47 bits per heavy atom. The summed E-state index contributed by atoms with van der Waals surface area (Å²) in [4.78, 5) is 17.2. The summed E-state index contributed by atoms with van der Waals surface area (Å²) in [6.07, 6.45) is 0. The Kier molecular flexibility index (Phi) is 5.88. The molecule has 0 amide bonds. The van der Waals surface area contributed by atoms with Crippen molar-refractivity contribution in [2.24, 2.45) is 0 Å². The number of rotatable bonds is 2. The van der Waals surface area contributed by atoms with Gasteiger partial charge in [-0.25, -0.2) is 0 Å². The third-order valence-corrected chi connectivity index (χ3v) is 1.70. The van der Waals surface area contributed by atoms with Crippen molar-refractivity contribution in [1.82, 2.24) is 14.9 Å². The van der Waals surface area contributed by atoms with E-state index in [1.807, 2.05) is 21.0 Å². The number of nitrogens with one attached hydrogen (secondary N) is 2. The van der Waals surface area contributed by atoms with Crippen LogP contribution < -0.4 is 0 Å². The highest BCUT2D eigenvalue weighted by atomic mass is 32.1. The molecule has 0 aliphatic heterocycles. The molecular weight excluding hydrogens is 214 g/mol. The third-order valence-electron chi connectivity index (χ3n) is 1.49. The third kappa shape index (κ3) is 6.87. The lowest BCUT2D eigenvalue weighted by atomic mass is 10.3. The number of aliphatic carboxylic acids is 1. The second-order valence-electron chi connectivity index (χ2n) is 3.44. The van der Waals surface area contributed by atoms with Crippen LogP contribution >= 0.6 is 12.2 Å². The van der Waals surface area contributed by atoms with Gasteiger partial charge >= 0.3 is 0 Å². The summed E-state index contributed by atoms with van der Waals surface area (Å²) < 4.78 is 0.708. The minimum atomic E-state index is -0.833. The zero-order valence-electron chi connectivity index (χ0n) is 9.42. The maximum absolute atomic E-state index is 9.00. The van der Waals surface area contributed by atoms with E-state index >= 15 is 0 Å². The summed E-state index contributed by atoms with van der Waals surface area (Å²) in [5, 5.41) is 7.42. The number of carboxylic acid groups (broad SMARTS) is 1. The Balaban J connectivity index is 0.000000423. The number of hydrogen-bond donors (Lipinski definition) is 3. The summed E-state index contributed by atoms with van der Waals surface area (Å²) in [7, 11) is 4.06. The van der Waals surface area contributed by atoms with Crippen molar-refractivity contribution in [3.05, 3.63) is 16.2 Å². The standard InChI is InChI=1S/C7H13N3S.C2H4O2/c1-5-6(4-10(2)3)9-7(11)8-5;1-2(3)4/h4H2,1-3H3,(H2,8,9,11);1H3,(H,3,4). The number of H-pyrrole nitrogens is 2. The molecule has 0 fully saturated rings. The molecule has 0 spiro atoms. The zero-order valence-corrected chi connectivity index (χ0v) is 10.2. The van der Waals surface area contributed by atoms with E-state index in [1.54, 1.807) is 0 Å². The van der Waals surface area contributed by atoms with Gasteiger partial charge in [-0.15, -0.1) is 0 Å². The van der Waals surface area contributed by atoms with Gasteiger partial charge in [-0.3, -0.25) is 4.79 Å². The van der Waals surface area contributed by atoms with Crippen LogP contribution in [-0.2, 0) is 11.3 Å². The molecule has 86 valence electrons. The summed E-state index contributed by atoms with van der Waals surface area (Å²) in [5.74, 6) is -0.833. The zero-order chi connectivity index (χ0) is 12.0. The molecule has 1 rings (SSSR count). The average molecular weight is 231 g/mol. The number of aromatic amines is 2. The maximum Gasteiger partial charge on any atom is 0.300 e. The minimum absolute atomic E-state index is 0.708. The van der Waals surface area contributed by atoms with Crippen molar-refractivity contribution in [3.63, 3.8) is 0 Å². The van der Waals surface area contributed by atoms with E-state index in [2.05, 4.69) is 14.9 Å². The highest BCUT2D eigenvalue weighted by molar-refractivity contribution is 7.71. The number of imidazole rings is 1. The fourth-order valence-electron chi connectivity index (χ4n) is 0.982. The molecule has 0 saturated carbocycles. The number of hydrogen-bond acceptors (Lipinski definition) is 3. The smallest absolute Gasteiger partial charge is 0.300 e. The molecule has 5 nitrogen and oxygen atoms in total. The number of aromatic nitrogens is 2. The molecule has 0 atom stereocenters.